The third-order valence-corrected chi connectivity index (χ3v) is 18.8. The summed E-state index contributed by atoms with van der Waals surface area (Å²) >= 11 is -1.99. The topological polar surface area (TPSA) is 6.48 Å². The first-order valence-electron chi connectivity index (χ1n) is 4.36. The molecule has 0 aliphatic carbocycles. The van der Waals surface area contributed by atoms with Crippen LogP contribution in [0.15, 0.2) is 0 Å². The van der Waals surface area contributed by atoms with E-state index in [0.29, 0.717) is 0 Å². The normalized spacial score (nSPS) is 13.1. The summed E-state index contributed by atoms with van der Waals surface area (Å²) in [6, 6.07) is 0. The summed E-state index contributed by atoms with van der Waals surface area (Å²) in [5.74, 6) is 0. The van der Waals surface area contributed by atoms with E-state index in [4.69, 9.17) is 0 Å². The first-order chi connectivity index (χ1) is 5.01. The standard InChI is InChI=1S/2C2H6N.2C2H5.Sn/c2*1-3-2;2*1-2;/h2*1-2H3;2*1H2,2H3;/q2*-1;;;+2. The van der Waals surface area contributed by atoms with E-state index < -0.39 is 18.9 Å². The van der Waals surface area contributed by atoms with Crippen LogP contribution in [0, 0.1) is 0 Å². The number of rotatable bonds is 4. The van der Waals surface area contributed by atoms with Crippen molar-refractivity contribution in [3.63, 3.8) is 0 Å². The summed E-state index contributed by atoms with van der Waals surface area (Å²) in [4.78, 5) is 0. The second-order valence-corrected chi connectivity index (χ2v) is 18.2. The van der Waals surface area contributed by atoms with Gasteiger partial charge in [-0.2, -0.15) is 0 Å². The molecule has 0 aromatic rings. The second-order valence-electron chi connectivity index (χ2n) is 3.48. The molecule has 0 radical (unpaired) electrons. The van der Waals surface area contributed by atoms with Gasteiger partial charge >= 0.3 is 76.1 Å². The van der Waals surface area contributed by atoms with Crippen LogP contribution in [0.3, 0.4) is 0 Å². The quantitative estimate of drug-likeness (QED) is 0.712. The Morgan fingerprint density at radius 3 is 1.09 bits per heavy atom. The monoisotopic (exact) mass is 266 g/mol. The van der Waals surface area contributed by atoms with Crippen LogP contribution in [-0.2, 0) is 0 Å². The third kappa shape index (κ3) is 2.33. The van der Waals surface area contributed by atoms with E-state index in [1.54, 1.807) is 0 Å². The Labute approximate surface area is 76.1 Å². The summed E-state index contributed by atoms with van der Waals surface area (Å²) in [5, 5.41) is 0. The first kappa shape index (κ1) is 11.7. The molecule has 0 N–H and O–H groups in total. The number of hydrogen-bond donors (Lipinski definition) is 0. The summed E-state index contributed by atoms with van der Waals surface area (Å²) < 4.78 is 7.78. The molecule has 0 heterocycles. The fraction of sp³-hybridized carbons (Fsp3) is 1.00. The summed E-state index contributed by atoms with van der Waals surface area (Å²) in [5.41, 5.74) is 0. The second kappa shape index (κ2) is 4.67. The van der Waals surface area contributed by atoms with Crippen LogP contribution in [0.5, 0.6) is 0 Å². The summed E-state index contributed by atoms with van der Waals surface area (Å²) in [7, 11) is 8.96. The SMILES string of the molecule is C[CH2][Sn]([CH2]C)([N](C)C)[N](C)C. The Morgan fingerprint density at radius 1 is 0.818 bits per heavy atom. The molecule has 0 spiro atoms. The van der Waals surface area contributed by atoms with Gasteiger partial charge in [-0.25, -0.2) is 0 Å². The molecule has 2 nitrogen and oxygen atoms in total. The van der Waals surface area contributed by atoms with Crippen molar-refractivity contribution in [3.05, 3.63) is 0 Å². The zero-order valence-electron chi connectivity index (χ0n) is 8.81. The van der Waals surface area contributed by atoms with Crippen molar-refractivity contribution in [3.8, 4) is 0 Å². The molecular weight excluding hydrogens is 243 g/mol. The van der Waals surface area contributed by atoms with Gasteiger partial charge in [-0.1, -0.05) is 0 Å². The number of hydrogen-bond acceptors (Lipinski definition) is 2. The van der Waals surface area contributed by atoms with Gasteiger partial charge in [-0.05, 0) is 0 Å². The molecule has 0 aromatic heterocycles. The van der Waals surface area contributed by atoms with Crippen molar-refractivity contribution in [2.75, 3.05) is 28.2 Å². The predicted octanol–water partition coefficient (Wildman–Crippen LogP) is 1.59. The Morgan fingerprint density at radius 2 is 1.09 bits per heavy atom. The zero-order valence-corrected chi connectivity index (χ0v) is 11.7. The molecule has 0 rings (SSSR count). The molecule has 0 aliphatic heterocycles. The van der Waals surface area contributed by atoms with Gasteiger partial charge in [0.2, 0.25) is 0 Å². The molecule has 0 fully saturated rings. The van der Waals surface area contributed by atoms with Crippen molar-refractivity contribution in [1.29, 1.82) is 0 Å². The predicted molar refractivity (Wildman–Crippen MR) is 54.1 cm³/mol. The Balaban J connectivity index is 4.46. The molecule has 68 valence electrons. The minimum absolute atomic E-state index is 1.38. The molecule has 3 heteroatoms. The Bertz CT molecular complexity index is 98.7. The van der Waals surface area contributed by atoms with Crippen LogP contribution in [0.2, 0.25) is 8.87 Å². The van der Waals surface area contributed by atoms with Crippen LogP contribution in [0.1, 0.15) is 13.8 Å². The van der Waals surface area contributed by atoms with Gasteiger partial charge < -0.3 is 0 Å². The molecule has 11 heavy (non-hydrogen) atoms. The molecular formula is C8H22N2Sn. The average molecular weight is 265 g/mol. The molecule has 0 unspecified atom stereocenters. The van der Waals surface area contributed by atoms with Crippen LogP contribution in [0.4, 0.5) is 0 Å². The third-order valence-electron chi connectivity index (χ3n) is 2.80. The van der Waals surface area contributed by atoms with Crippen molar-refractivity contribution in [2.45, 2.75) is 22.7 Å². The molecule has 0 saturated heterocycles. The van der Waals surface area contributed by atoms with Gasteiger partial charge in [0.05, 0.1) is 0 Å². The van der Waals surface area contributed by atoms with E-state index in [0.717, 1.165) is 0 Å². The first-order valence-corrected chi connectivity index (χ1v) is 10.9. The van der Waals surface area contributed by atoms with E-state index in [-0.39, 0.29) is 0 Å². The van der Waals surface area contributed by atoms with Crippen LogP contribution in [-0.4, -0.2) is 53.4 Å². The molecule has 0 saturated carbocycles. The van der Waals surface area contributed by atoms with E-state index in [2.05, 4.69) is 48.3 Å². The van der Waals surface area contributed by atoms with Crippen molar-refractivity contribution >= 4 is 18.9 Å². The molecule has 0 aromatic carbocycles. The Hall–Kier alpha value is 0.719. The average Bonchev–Trinajstić information content (AvgIpc) is 1.90. The van der Waals surface area contributed by atoms with Crippen molar-refractivity contribution < 1.29 is 0 Å². The molecule has 0 amide bonds. The van der Waals surface area contributed by atoms with E-state index in [1.165, 1.54) is 8.87 Å². The van der Waals surface area contributed by atoms with Crippen molar-refractivity contribution in [2.24, 2.45) is 0 Å². The van der Waals surface area contributed by atoms with E-state index in [1.807, 2.05) is 0 Å². The van der Waals surface area contributed by atoms with Gasteiger partial charge in [0, 0.05) is 0 Å². The summed E-state index contributed by atoms with van der Waals surface area (Å²) in [6.45, 7) is 4.67. The van der Waals surface area contributed by atoms with Gasteiger partial charge in [0.25, 0.3) is 0 Å². The maximum atomic E-state index is 2.51. The zero-order chi connectivity index (χ0) is 9.07. The van der Waals surface area contributed by atoms with Gasteiger partial charge in [-0.15, -0.1) is 0 Å². The van der Waals surface area contributed by atoms with Crippen LogP contribution in [0.25, 0.3) is 0 Å². The van der Waals surface area contributed by atoms with Crippen LogP contribution < -0.4 is 0 Å². The van der Waals surface area contributed by atoms with Crippen molar-refractivity contribution in [1.82, 2.24) is 6.24 Å². The van der Waals surface area contributed by atoms with Gasteiger partial charge in [0.1, 0.15) is 0 Å². The summed E-state index contributed by atoms with van der Waals surface area (Å²) in [6.07, 6.45) is 0. The van der Waals surface area contributed by atoms with E-state index >= 15 is 0 Å². The fourth-order valence-corrected chi connectivity index (χ4v) is 12.8. The fourth-order valence-electron chi connectivity index (χ4n) is 1.91. The molecule has 0 atom stereocenters. The van der Waals surface area contributed by atoms with Crippen LogP contribution >= 0.6 is 0 Å². The number of nitrogens with zero attached hydrogens (tertiary/aromatic N) is 2. The maximum absolute atomic E-state index is 2.51. The minimum atomic E-state index is -1.99. The van der Waals surface area contributed by atoms with E-state index in [9.17, 15) is 0 Å². The molecule has 0 aliphatic rings. The molecule has 0 bridgehead atoms. The Kier molecular flexibility index (Phi) is 4.98. The van der Waals surface area contributed by atoms with Gasteiger partial charge in [0.15, 0.2) is 0 Å². The van der Waals surface area contributed by atoms with Gasteiger partial charge in [-0.3, -0.25) is 0 Å².